The van der Waals surface area contributed by atoms with Crippen LogP contribution in [-0.2, 0) is 21.4 Å². The Morgan fingerprint density at radius 2 is 1.90 bits per heavy atom. The van der Waals surface area contributed by atoms with Gasteiger partial charge in [0.05, 0.1) is 16.2 Å². The van der Waals surface area contributed by atoms with E-state index in [4.69, 9.17) is 4.74 Å². The third kappa shape index (κ3) is 4.52. The molecule has 29 heavy (non-hydrogen) atoms. The number of aryl methyl sites for hydroxylation is 2. The van der Waals surface area contributed by atoms with E-state index < -0.39 is 16.0 Å². The zero-order valence-corrected chi connectivity index (χ0v) is 17.5. The topological polar surface area (TPSA) is 94.4 Å². The molecular weight excluding hydrogens is 392 g/mol. The molecule has 1 aromatic carbocycles. The average Bonchev–Trinajstić information content (AvgIpc) is 3.04. The highest BCUT2D eigenvalue weighted by Crippen LogP contribution is 2.16. The number of aromatic nitrogens is 3. The molecule has 0 fully saturated rings. The van der Waals surface area contributed by atoms with E-state index in [2.05, 4.69) is 10.1 Å². The normalized spacial score (nSPS) is 11.6. The van der Waals surface area contributed by atoms with Crippen molar-refractivity contribution in [2.75, 3.05) is 14.1 Å². The highest BCUT2D eigenvalue weighted by molar-refractivity contribution is 7.89. The number of carbonyl (C=O) groups excluding carboxylic acids is 1. The van der Waals surface area contributed by atoms with Crippen molar-refractivity contribution in [2.24, 2.45) is 0 Å². The number of carbonyl (C=O) groups is 1. The van der Waals surface area contributed by atoms with Crippen LogP contribution >= 0.6 is 0 Å². The molecule has 0 saturated heterocycles. The first kappa shape index (κ1) is 20.7. The van der Waals surface area contributed by atoms with Gasteiger partial charge in [-0.3, -0.25) is 0 Å². The smallest absolute Gasteiger partial charge is 0.340 e. The number of ether oxygens (including phenoxy) is 1. The maximum absolute atomic E-state index is 12.3. The Kier molecular flexibility index (Phi) is 5.81. The van der Waals surface area contributed by atoms with E-state index >= 15 is 0 Å². The molecule has 3 aromatic rings. The summed E-state index contributed by atoms with van der Waals surface area (Å²) in [6, 6.07) is 11.6. The van der Waals surface area contributed by atoms with Crippen molar-refractivity contribution < 1.29 is 17.9 Å². The van der Waals surface area contributed by atoms with Crippen LogP contribution in [0.1, 0.15) is 27.3 Å². The van der Waals surface area contributed by atoms with Gasteiger partial charge in [0.25, 0.3) is 0 Å². The molecule has 2 heterocycles. The van der Waals surface area contributed by atoms with E-state index in [1.807, 2.05) is 19.9 Å². The largest absolute Gasteiger partial charge is 0.457 e. The van der Waals surface area contributed by atoms with Gasteiger partial charge in [-0.25, -0.2) is 27.2 Å². The Balaban J connectivity index is 1.69. The maximum atomic E-state index is 12.3. The molecule has 0 aliphatic heterocycles. The lowest BCUT2D eigenvalue weighted by Gasteiger charge is -2.12. The van der Waals surface area contributed by atoms with Crippen LogP contribution in [0, 0.1) is 13.8 Å². The van der Waals surface area contributed by atoms with Gasteiger partial charge in [-0.05, 0) is 49.7 Å². The van der Waals surface area contributed by atoms with E-state index in [1.165, 1.54) is 32.4 Å². The third-order valence-electron chi connectivity index (χ3n) is 4.26. The lowest BCUT2D eigenvalue weighted by Crippen LogP contribution is -2.22. The monoisotopic (exact) mass is 414 g/mol. The van der Waals surface area contributed by atoms with Crippen molar-refractivity contribution in [3.63, 3.8) is 0 Å². The molecule has 152 valence electrons. The minimum atomic E-state index is -3.55. The number of nitrogens with zero attached hydrogens (tertiary/aromatic N) is 4. The van der Waals surface area contributed by atoms with Crippen molar-refractivity contribution in [1.82, 2.24) is 19.1 Å². The maximum Gasteiger partial charge on any atom is 0.340 e. The quantitative estimate of drug-likeness (QED) is 0.575. The molecule has 2 aromatic heterocycles. The van der Waals surface area contributed by atoms with Gasteiger partial charge < -0.3 is 4.74 Å². The fraction of sp³-hybridized carbons (Fsp3) is 0.250. The summed E-state index contributed by atoms with van der Waals surface area (Å²) < 4.78 is 32.6. The standard InChI is InChI=1S/C20H22N4O4S/c1-14-10-15(2)24(22-14)19-9-8-17(12-21-19)20(25)28-13-16-6-5-7-18(11-16)29(26,27)23(3)4/h5-12H,13H2,1-4H3. The summed E-state index contributed by atoms with van der Waals surface area (Å²) in [5.41, 5.74) is 2.70. The second-order valence-corrected chi connectivity index (χ2v) is 8.91. The van der Waals surface area contributed by atoms with Gasteiger partial charge in [0.15, 0.2) is 5.82 Å². The van der Waals surface area contributed by atoms with Crippen LogP contribution in [0.4, 0.5) is 0 Å². The molecule has 0 aliphatic carbocycles. The lowest BCUT2D eigenvalue weighted by molar-refractivity contribution is 0.0472. The van der Waals surface area contributed by atoms with Crippen LogP contribution in [0.25, 0.3) is 5.82 Å². The summed E-state index contributed by atoms with van der Waals surface area (Å²) in [5.74, 6) is 0.0621. The predicted molar refractivity (Wildman–Crippen MR) is 107 cm³/mol. The fourth-order valence-corrected chi connectivity index (χ4v) is 3.70. The Labute approximate surface area is 169 Å². The van der Waals surface area contributed by atoms with Crippen LogP contribution in [0.5, 0.6) is 0 Å². The van der Waals surface area contributed by atoms with Gasteiger partial charge >= 0.3 is 5.97 Å². The summed E-state index contributed by atoms with van der Waals surface area (Å²) in [6.07, 6.45) is 1.43. The number of benzene rings is 1. The highest BCUT2D eigenvalue weighted by Gasteiger charge is 2.17. The third-order valence-corrected chi connectivity index (χ3v) is 6.07. The van der Waals surface area contributed by atoms with Gasteiger partial charge in [-0.1, -0.05) is 12.1 Å². The number of pyridine rings is 1. The van der Waals surface area contributed by atoms with Crippen molar-refractivity contribution in [2.45, 2.75) is 25.3 Å². The Bertz CT molecular complexity index is 1140. The predicted octanol–water partition coefficient (Wildman–Crippen LogP) is 2.49. The first-order valence-electron chi connectivity index (χ1n) is 8.87. The number of hydrogen-bond acceptors (Lipinski definition) is 6. The van der Waals surface area contributed by atoms with Crippen LogP contribution in [0.3, 0.4) is 0 Å². The fourth-order valence-electron chi connectivity index (χ4n) is 2.73. The molecular formula is C20H22N4O4S. The lowest BCUT2D eigenvalue weighted by atomic mass is 10.2. The van der Waals surface area contributed by atoms with Gasteiger partial charge in [0, 0.05) is 26.0 Å². The zero-order valence-electron chi connectivity index (χ0n) is 16.7. The van der Waals surface area contributed by atoms with Crippen LogP contribution in [0.15, 0.2) is 53.6 Å². The second kappa shape index (κ2) is 8.14. The molecule has 0 bridgehead atoms. The Morgan fingerprint density at radius 1 is 1.14 bits per heavy atom. The second-order valence-electron chi connectivity index (χ2n) is 6.75. The number of hydrogen-bond donors (Lipinski definition) is 0. The van der Waals surface area contributed by atoms with E-state index in [-0.39, 0.29) is 11.5 Å². The van der Waals surface area contributed by atoms with E-state index in [0.717, 1.165) is 15.7 Å². The number of sulfonamides is 1. The average molecular weight is 414 g/mol. The molecule has 8 nitrogen and oxygen atoms in total. The minimum absolute atomic E-state index is 0.0468. The molecule has 0 spiro atoms. The van der Waals surface area contributed by atoms with Gasteiger partial charge in [0.2, 0.25) is 10.0 Å². The first-order chi connectivity index (χ1) is 13.7. The highest BCUT2D eigenvalue weighted by atomic mass is 32.2. The molecule has 0 atom stereocenters. The molecule has 0 radical (unpaired) electrons. The van der Waals surface area contributed by atoms with Crippen molar-refractivity contribution in [1.29, 1.82) is 0 Å². The van der Waals surface area contributed by atoms with Gasteiger partial charge in [-0.15, -0.1) is 0 Å². The molecule has 0 N–H and O–H groups in total. The minimum Gasteiger partial charge on any atom is -0.457 e. The summed E-state index contributed by atoms with van der Waals surface area (Å²) in [4.78, 5) is 16.7. The molecule has 9 heteroatoms. The summed E-state index contributed by atoms with van der Waals surface area (Å²) in [5, 5.41) is 4.36. The molecule has 0 amide bonds. The van der Waals surface area contributed by atoms with Gasteiger partial charge in [0.1, 0.15) is 6.61 Å². The van der Waals surface area contributed by atoms with Crippen molar-refractivity contribution in [3.8, 4) is 5.82 Å². The SMILES string of the molecule is Cc1cc(C)n(-c2ccc(C(=O)OCc3cccc(S(=O)(=O)N(C)C)c3)cn2)n1. The molecule has 0 unspecified atom stereocenters. The summed E-state index contributed by atoms with van der Waals surface area (Å²) in [7, 11) is -0.622. The first-order valence-corrected chi connectivity index (χ1v) is 10.3. The van der Waals surface area contributed by atoms with E-state index in [1.54, 1.807) is 28.9 Å². The molecule has 3 rings (SSSR count). The van der Waals surface area contributed by atoms with E-state index in [0.29, 0.717) is 16.9 Å². The summed E-state index contributed by atoms with van der Waals surface area (Å²) in [6.45, 7) is 3.78. The van der Waals surface area contributed by atoms with Crippen molar-refractivity contribution in [3.05, 3.63) is 71.2 Å². The number of esters is 1. The number of rotatable bonds is 6. The van der Waals surface area contributed by atoms with Crippen LogP contribution in [-0.4, -0.2) is 47.6 Å². The molecule has 0 aliphatic rings. The zero-order chi connectivity index (χ0) is 21.2. The molecule has 0 saturated carbocycles. The van der Waals surface area contributed by atoms with Gasteiger partial charge in [-0.2, -0.15) is 5.10 Å². The van der Waals surface area contributed by atoms with Crippen LogP contribution in [0.2, 0.25) is 0 Å². The van der Waals surface area contributed by atoms with Crippen molar-refractivity contribution >= 4 is 16.0 Å². The van der Waals surface area contributed by atoms with Crippen LogP contribution < -0.4 is 0 Å². The van der Waals surface area contributed by atoms with E-state index in [9.17, 15) is 13.2 Å². The summed E-state index contributed by atoms with van der Waals surface area (Å²) >= 11 is 0. The Hall–Kier alpha value is -3.04. The Morgan fingerprint density at radius 3 is 2.48 bits per heavy atom.